The normalized spacial score (nSPS) is 24.1. The van der Waals surface area contributed by atoms with Gasteiger partial charge in [-0.25, -0.2) is 9.97 Å². The lowest BCUT2D eigenvalue weighted by molar-refractivity contribution is 0.632. The number of benzene rings is 2. The summed E-state index contributed by atoms with van der Waals surface area (Å²) >= 11 is 0. The Balaban J connectivity index is 1.69. The number of nitrogens with zero attached hydrogens (tertiary/aromatic N) is 4. The fourth-order valence-electron chi connectivity index (χ4n) is 4.25. The highest BCUT2D eigenvalue weighted by Crippen LogP contribution is 2.41. The highest BCUT2D eigenvalue weighted by molar-refractivity contribution is 5.78. The highest BCUT2D eigenvalue weighted by Gasteiger charge is 2.39. The summed E-state index contributed by atoms with van der Waals surface area (Å²) in [6, 6.07) is 18.9. The van der Waals surface area contributed by atoms with Gasteiger partial charge in [0.15, 0.2) is 0 Å². The molecule has 0 radical (unpaired) electrons. The lowest BCUT2D eigenvalue weighted by Gasteiger charge is -2.28. The van der Waals surface area contributed by atoms with E-state index in [0.29, 0.717) is 0 Å². The van der Waals surface area contributed by atoms with Crippen LogP contribution in [-0.4, -0.2) is 22.4 Å². The molecule has 2 aliphatic heterocycles. The van der Waals surface area contributed by atoms with Crippen LogP contribution < -0.4 is 0 Å². The first-order valence-corrected chi connectivity index (χ1v) is 10.1. The Kier molecular flexibility index (Phi) is 4.28. The number of aryl methyl sites for hydroxylation is 2. The summed E-state index contributed by atoms with van der Waals surface area (Å²) in [7, 11) is 0. The van der Waals surface area contributed by atoms with E-state index in [4.69, 9.17) is 9.98 Å². The molecule has 0 amide bonds. The summed E-state index contributed by atoms with van der Waals surface area (Å²) in [5.74, 6) is 0. The van der Waals surface area contributed by atoms with Gasteiger partial charge in [0.05, 0.1) is 11.4 Å². The molecule has 4 heteroatoms. The van der Waals surface area contributed by atoms with Crippen LogP contribution in [0.5, 0.6) is 0 Å². The molecule has 0 aliphatic carbocycles. The summed E-state index contributed by atoms with van der Waals surface area (Å²) in [4.78, 5) is 19.0. The molecular formula is C26H22N4. The van der Waals surface area contributed by atoms with Crippen molar-refractivity contribution in [2.75, 3.05) is 0 Å². The number of rotatable bonds is 4. The standard InChI is InChI=1S/C26H22N4/c1-19-7-3-9-21(15-19)25(11-5-13-29-25)23-17-24(28-18-27-23)26(12-6-14-30-26)22-10-4-8-20(2)16-22/h3-18H,1-2H3. The van der Waals surface area contributed by atoms with Crippen molar-refractivity contribution in [1.29, 1.82) is 0 Å². The van der Waals surface area contributed by atoms with E-state index in [-0.39, 0.29) is 0 Å². The molecule has 3 aromatic rings. The zero-order valence-electron chi connectivity index (χ0n) is 17.0. The average molecular weight is 390 g/mol. The minimum Gasteiger partial charge on any atom is -0.271 e. The maximum Gasteiger partial charge on any atom is 0.146 e. The van der Waals surface area contributed by atoms with Crippen molar-refractivity contribution in [3.8, 4) is 0 Å². The maximum atomic E-state index is 4.84. The van der Waals surface area contributed by atoms with Gasteiger partial charge in [0, 0.05) is 12.4 Å². The first kappa shape index (κ1) is 18.4. The molecule has 30 heavy (non-hydrogen) atoms. The van der Waals surface area contributed by atoms with Gasteiger partial charge in [-0.1, -0.05) is 59.7 Å². The zero-order chi connectivity index (χ0) is 20.6. The van der Waals surface area contributed by atoms with Crippen LogP contribution in [0.1, 0.15) is 33.6 Å². The molecule has 0 fully saturated rings. The van der Waals surface area contributed by atoms with Crippen molar-refractivity contribution in [2.24, 2.45) is 9.98 Å². The molecule has 0 saturated heterocycles. The van der Waals surface area contributed by atoms with Crippen molar-refractivity contribution in [1.82, 2.24) is 9.97 Å². The van der Waals surface area contributed by atoms with Crippen LogP contribution in [0.2, 0.25) is 0 Å². The average Bonchev–Trinajstić information content (AvgIpc) is 3.46. The molecule has 4 nitrogen and oxygen atoms in total. The number of aromatic nitrogens is 2. The van der Waals surface area contributed by atoms with E-state index in [2.05, 4.69) is 84.5 Å². The minimum absolute atomic E-state index is 0.649. The lowest BCUT2D eigenvalue weighted by atomic mass is 9.83. The van der Waals surface area contributed by atoms with Crippen molar-refractivity contribution >= 4 is 12.4 Å². The third-order valence-electron chi connectivity index (χ3n) is 5.77. The van der Waals surface area contributed by atoms with Crippen LogP contribution in [0.15, 0.2) is 95.2 Å². The van der Waals surface area contributed by atoms with Gasteiger partial charge < -0.3 is 0 Å². The molecular weight excluding hydrogens is 368 g/mol. The lowest BCUT2D eigenvalue weighted by Crippen LogP contribution is -2.27. The van der Waals surface area contributed by atoms with Crippen molar-refractivity contribution < 1.29 is 0 Å². The smallest absolute Gasteiger partial charge is 0.146 e. The third kappa shape index (κ3) is 2.84. The molecule has 0 bridgehead atoms. The van der Waals surface area contributed by atoms with E-state index in [1.807, 2.05) is 30.6 Å². The molecule has 0 spiro atoms. The second-order valence-electron chi connectivity index (χ2n) is 7.83. The van der Waals surface area contributed by atoms with Gasteiger partial charge in [-0.05, 0) is 55.3 Å². The quantitative estimate of drug-likeness (QED) is 0.639. The number of hydrogen-bond acceptors (Lipinski definition) is 4. The number of aliphatic imine (C=N–C) groups is 2. The first-order valence-electron chi connectivity index (χ1n) is 10.1. The Morgan fingerprint density at radius 3 is 1.53 bits per heavy atom. The van der Waals surface area contributed by atoms with E-state index >= 15 is 0 Å². The number of allylic oxidation sites excluding steroid dienone is 2. The predicted octanol–water partition coefficient (Wildman–Crippen LogP) is 4.86. The largest absolute Gasteiger partial charge is 0.271 e. The topological polar surface area (TPSA) is 50.5 Å². The van der Waals surface area contributed by atoms with Crippen LogP contribution in [0, 0.1) is 13.8 Å². The summed E-state index contributed by atoms with van der Waals surface area (Å²) in [6.45, 7) is 4.19. The minimum atomic E-state index is -0.649. The van der Waals surface area contributed by atoms with E-state index < -0.39 is 11.1 Å². The Morgan fingerprint density at radius 1 is 0.633 bits per heavy atom. The van der Waals surface area contributed by atoms with Crippen molar-refractivity contribution in [3.63, 3.8) is 0 Å². The molecule has 0 N–H and O–H groups in total. The fourth-order valence-corrected chi connectivity index (χ4v) is 4.25. The predicted molar refractivity (Wildman–Crippen MR) is 121 cm³/mol. The molecule has 2 atom stereocenters. The highest BCUT2D eigenvalue weighted by atomic mass is 15.0. The van der Waals surface area contributed by atoms with Crippen LogP contribution in [-0.2, 0) is 11.1 Å². The van der Waals surface area contributed by atoms with Gasteiger partial charge in [-0.3, -0.25) is 9.98 Å². The van der Waals surface area contributed by atoms with Gasteiger partial charge in [-0.2, -0.15) is 0 Å². The summed E-state index contributed by atoms with van der Waals surface area (Å²) in [5, 5.41) is 0. The van der Waals surface area contributed by atoms with Gasteiger partial charge in [0.25, 0.3) is 0 Å². The van der Waals surface area contributed by atoms with Crippen molar-refractivity contribution in [3.05, 3.63) is 119 Å². The summed E-state index contributed by atoms with van der Waals surface area (Å²) in [5.41, 5.74) is 4.94. The Labute approximate surface area is 176 Å². The van der Waals surface area contributed by atoms with Gasteiger partial charge >= 0.3 is 0 Å². The molecule has 2 unspecified atom stereocenters. The maximum absolute atomic E-state index is 4.84. The zero-order valence-corrected chi connectivity index (χ0v) is 17.0. The molecule has 3 heterocycles. The molecule has 2 aliphatic rings. The Bertz CT molecular complexity index is 1120. The SMILES string of the molecule is Cc1cccc(C2(c3cc(C4(c5cccc(C)c5)C=CC=N4)ncn3)C=CC=N2)c1. The van der Waals surface area contributed by atoms with Crippen LogP contribution in [0.4, 0.5) is 0 Å². The molecule has 1 aromatic heterocycles. The Morgan fingerprint density at radius 2 is 1.13 bits per heavy atom. The molecule has 0 saturated carbocycles. The van der Waals surface area contributed by atoms with Crippen LogP contribution in [0.3, 0.4) is 0 Å². The van der Waals surface area contributed by atoms with Gasteiger partial charge in [0.2, 0.25) is 0 Å². The molecule has 5 rings (SSSR count). The molecule has 146 valence electrons. The fraction of sp³-hybridized carbons (Fsp3) is 0.154. The van der Waals surface area contributed by atoms with E-state index in [0.717, 1.165) is 22.5 Å². The monoisotopic (exact) mass is 390 g/mol. The van der Waals surface area contributed by atoms with Crippen LogP contribution in [0.25, 0.3) is 0 Å². The molecule has 2 aromatic carbocycles. The van der Waals surface area contributed by atoms with Crippen LogP contribution >= 0.6 is 0 Å². The summed E-state index contributed by atoms with van der Waals surface area (Å²) in [6.07, 6.45) is 13.5. The third-order valence-corrected chi connectivity index (χ3v) is 5.77. The van der Waals surface area contributed by atoms with E-state index in [9.17, 15) is 0 Å². The second-order valence-corrected chi connectivity index (χ2v) is 7.83. The second kappa shape index (κ2) is 6.99. The van der Waals surface area contributed by atoms with E-state index in [1.54, 1.807) is 6.33 Å². The van der Waals surface area contributed by atoms with Gasteiger partial charge in [0.1, 0.15) is 17.4 Å². The van der Waals surface area contributed by atoms with E-state index in [1.165, 1.54) is 11.1 Å². The van der Waals surface area contributed by atoms with Gasteiger partial charge in [-0.15, -0.1) is 0 Å². The summed E-state index contributed by atoms with van der Waals surface area (Å²) < 4.78 is 0. The number of hydrogen-bond donors (Lipinski definition) is 0. The Hall–Kier alpha value is -3.66. The first-order chi connectivity index (χ1) is 14.6. The van der Waals surface area contributed by atoms with Crippen molar-refractivity contribution in [2.45, 2.75) is 24.9 Å².